The van der Waals surface area contributed by atoms with Crippen LogP contribution in [0, 0.1) is 11.7 Å². The van der Waals surface area contributed by atoms with Crippen molar-refractivity contribution >= 4 is 11.8 Å². The Labute approximate surface area is 191 Å². The molecule has 2 N–H and O–H groups in total. The van der Waals surface area contributed by atoms with Crippen molar-refractivity contribution in [3.05, 3.63) is 35.1 Å². The van der Waals surface area contributed by atoms with Crippen LogP contribution in [0.2, 0.25) is 0 Å². The molecule has 0 bridgehead atoms. The largest absolute Gasteiger partial charge is 0.377 e. The number of ether oxygens (including phenoxy) is 1. The van der Waals surface area contributed by atoms with Crippen LogP contribution in [0.25, 0.3) is 0 Å². The summed E-state index contributed by atoms with van der Waals surface area (Å²) in [6.45, 7) is 9.23. The van der Waals surface area contributed by atoms with E-state index >= 15 is 0 Å². The third-order valence-electron chi connectivity index (χ3n) is 6.74. The second kappa shape index (κ2) is 11.2. The Bertz CT molecular complexity index is 791. The number of nitrogens with one attached hydrogen (secondary N) is 2. The minimum absolute atomic E-state index is 0.186. The topological polar surface area (TPSA) is 70.7 Å². The Kier molecular flexibility index (Phi) is 8.65. The Hall–Kier alpha value is -1.99. The zero-order valence-electron chi connectivity index (χ0n) is 19.7. The van der Waals surface area contributed by atoms with Crippen molar-refractivity contribution in [2.75, 3.05) is 32.8 Å². The molecule has 0 unspecified atom stereocenters. The summed E-state index contributed by atoms with van der Waals surface area (Å²) in [5.74, 6) is 0.0542. The van der Waals surface area contributed by atoms with Crippen LogP contribution >= 0.6 is 0 Å². The number of carbonyl (C=O) groups excluding carboxylic acids is 2. The summed E-state index contributed by atoms with van der Waals surface area (Å²) < 4.78 is 19.2. The van der Waals surface area contributed by atoms with Gasteiger partial charge >= 0.3 is 0 Å². The normalized spacial score (nSPS) is 23.1. The van der Waals surface area contributed by atoms with Crippen LogP contribution in [0.3, 0.4) is 0 Å². The highest BCUT2D eigenvalue weighted by Crippen LogP contribution is 2.24. The molecule has 2 amide bonds. The number of carbonyl (C=O) groups is 2. The first kappa shape index (κ1) is 24.6. The number of morpholine rings is 1. The van der Waals surface area contributed by atoms with E-state index in [-0.39, 0.29) is 23.2 Å². The van der Waals surface area contributed by atoms with Crippen molar-refractivity contribution in [1.82, 2.24) is 15.5 Å². The molecule has 0 atom stereocenters. The summed E-state index contributed by atoms with van der Waals surface area (Å²) in [4.78, 5) is 27.0. The average Bonchev–Trinajstić information content (AvgIpc) is 2.77. The number of benzene rings is 1. The summed E-state index contributed by atoms with van der Waals surface area (Å²) in [5, 5.41) is 6.52. The van der Waals surface area contributed by atoms with Crippen molar-refractivity contribution < 1.29 is 18.7 Å². The van der Waals surface area contributed by atoms with Gasteiger partial charge in [-0.25, -0.2) is 4.39 Å². The number of halogens is 1. The molecule has 0 spiro atoms. The Morgan fingerprint density at radius 3 is 2.62 bits per heavy atom. The quantitative estimate of drug-likeness (QED) is 0.642. The van der Waals surface area contributed by atoms with E-state index in [9.17, 15) is 14.0 Å². The van der Waals surface area contributed by atoms with Gasteiger partial charge in [-0.2, -0.15) is 0 Å². The summed E-state index contributed by atoms with van der Waals surface area (Å²) in [6.07, 6.45) is 5.35. The summed E-state index contributed by atoms with van der Waals surface area (Å²) in [5.41, 5.74) is 0.990. The zero-order valence-corrected chi connectivity index (χ0v) is 19.7. The minimum atomic E-state index is -0.364. The van der Waals surface area contributed by atoms with E-state index in [0.29, 0.717) is 63.2 Å². The van der Waals surface area contributed by atoms with Gasteiger partial charge in [-0.3, -0.25) is 9.59 Å². The molecule has 1 heterocycles. The Morgan fingerprint density at radius 1 is 1.19 bits per heavy atom. The number of nitrogens with zero attached hydrogens (tertiary/aromatic N) is 1. The molecule has 3 rings (SSSR count). The third-order valence-corrected chi connectivity index (χ3v) is 6.74. The lowest BCUT2D eigenvalue weighted by atomic mass is 9.86. The number of amides is 2. The van der Waals surface area contributed by atoms with Gasteiger partial charge in [-0.1, -0.05) is 6.92 Å². The summed E-state index contributed by atoms with van der Waals surface area (Å²) in [7, 11) is 0. The van der Waals surface area contributed by atoms with Crippen molar-refractivity contribution in [3.63, 3.8) is 0 Å². The van der Waals surface area contributed by atoms with Crippen LogP contribution < -0.4 is 10.6 Å². The van der Waals surface area contributed by atoms with Gasteiger partial charge in [0.25, 0.3) is 5.91 Å². The smallest absolute Gasteiger partial charge is 0.251 e. The standard InChI is InChI=1S/C25H38FN3O3/c1-4-18-13-20(15-21(26)14-18)24(31)28-16-19-5-7-22(8-6-19)27-10-9-23(30)29-11-12-32-17-25(29,2)3/h13-15,19,22,27H,4-12,16-17H2,1-3H3,(H,28,31). The van der Waals surface area contributed by atoms with Crippen LogP contribution in [0.1, 0.15) is 68.8 Å². The highest BCUT2D eigenvalue weighted by molar-refractivity contribution is 5.94. The van der Waals surface area contributed by atoms with Crippen molar-refractivity contribution in [2.24, 2.45) is 5.92 Å². The van der Waals surface area contributed by atoms with Crippen LogP contribution in [-0.4, -0.2) is 61.1 Å². The number of rotatable bonds is 8. The van der Waals surface area contributed by atoms with Crippen LogP contribution in [0.4, 0.5) is 4.39 Å². The van der Waals surface area contributed by atoms with E-state index in [0.717, 1.165) is 31.2 Å². The van der Waals surface area contributed by atoms with Gasteiger partial charge in [0, 0.05) is 37.7 Å². The molecule has 6 nitrogen and oxygen atoms in total. The number of hydrogen-bond donors (Lipinski definition) is 2. The van der Waals surface area contributed by atoms with Gasteiger partial charge in [-0.05, 0) is 75.6 Å². The molecule has 0 radical (unpaired) electrons. The molecule has 7 heteroatoms. The lowest BCUT2D eigenvalue weighted by Gasteiger charge is -2.42. The van der Waals surface area contributed by atoms with Gasteiger partial charge in [0.2, 0.25) is 5.91 Å². The molecule has 1 aromatic rings. The van der Waals surface area contributed by atoms with Gasteiger partial charge in [0.1, 0.15) is 5.82 Å². The van der Waals surface area contributed by atoms with Gasteiger partial charge in [0.05, 0.1) is 18.8 Å². The van der Waals surface area contributed by atoms with E-state index < -0.39 is 0 Å². The molecule has 2 aliphatic rings. The Morgan fingerprint density at radius 2 is 1.94 bits per heavy atom. The second-order valence-corrected chi connectivity index (χ2v) is 9.74. The van der Waals surface area contributed by atoms with Crippen molar-refractivity contribution in [2.45, 2.75) is 70.9 Å². The third kappa shape index (κ3) is 6.75. The zero-order chi connectivity index (χ0) is 23.1. The number of hydrogen-bond acceptors (Lipinski definition) is 4. The lowest BCUT2D eigenvalue weighted by molar-refractivity contribution is -0.146. The molecule has 1 aliphatic carbocycles. The van der Waals surface area contributed by atoms with E-state index in [2.05, 4.69) is 24.5 Å². The molecule has 0 aromatic heterocycles. The summed E-state index contributed by atoms with van der Waals surface area (Å²) >= 11 is 0. The predicted octanol–water partition coefficient (Wildman–Crippen LogP) is 3.29. The molecule has 32 heavy (non-hydrogen) atoms. The van der Waals surface area contributed by atoms with Gasteiger partial charge in [-0.15, -0.1) is 0 Å². The first-order valence-corrected chi connectivity index (χ1v) is 12.0. The second-order valence-electron chi connectivity index (χ2n) is 9.74. The fourth-order valence-corrected chi connectivity index (χ4v) is 4.73. The maximum atomic E-state index is 13.7. The fraction of sp³-hybridized carbons (Fsp3) is 0.680. The van der Waals surface area contributed by atoms with E-state index in [1.807, 2.05) is 11.8 Å². The van der Waals surface area contributed by atoms with E-state index in [1.54, 1.807) is 6.07 Å². The highest BCUT2D eigenvalue weighted by atomic mass is 19.1. The minimum Gasteiger partial charge on any atom is -0.377 e. The molecule has 1 saturated carbocycles. The predicted molar refractivity (Wildman–Crippen MR) is 123 cm³/mol. The summed E-state index contributed by atoms with van der Waals surface area (Å²) in [6, 6.07) is 4.95. The van der Waals surface area contributed by atoms with E-state index in [1.165, 1.54) is 12.1 Å². The Balaban J connectivity index is 1.34. The van der Waals surface area contributed by atoms with E-state index in [4.69, 9.17) is 4.74 Å². The average molecular weight is 448 g/mol. The first-order valence-electron chi connectivity index (χ1n) is 12.0. The lowest BCUT2D eigenvalue weighted by Crippen LogP contribution is -2.55. The first-order chi connectivity index (χ1) is 15.3. The highest BCUT2D eigenvalue weighted by Gasteiger charge is 2.33. The molecular formula is C25H38FN3O3. The van der Waals surface area contributed by atoms with Crippen molar-refractivity contribution in [1.29, 1.82) is 0 Å². The molecule has 1 aromatic carbocycles. The van der Waals surface area contributed by atoms with Crippen LogP contribution in [-0.2, 0) is 16.0 Å². The number of aryl methyl sites for hydroxylation is 1. The fourth-order valence-electron chi connectivity index (χ4n) is 4.73. The monoisotopic (exact) mass is 447 g/mol. The van der Waals surface area contributed by atoms with Crippen molar-refractivity contribution in [3.8, 4) is 0 Å². The molecule has 1 aliphatic heterocycles. The molecular weight excluding hydrogens is 409 g/mol. The molecule has 2 fully saturated rings. The SMILES string of the molecule is CCc1cc(F)cc(C(=O)NCC2CCC(NCCC(=O)N3CCOCC3(C)C)CC2)c1. The molecule has 178 valence electrons. The molecule has 1 saturated heterocycles. The maximum absolute atomic E-state index is 13.7. The van der Waals surface area contributed by atoms with Gasteiger partial charge < -0.3 is 20.3 Å². The maximum Gasteiger partial charge on any atom is 0.251 e. The van der Waals surface area contributed by atoms with Gasteiger partial charge in [0.15, 0.2) is 0 Å². The van der Waals surface area contributed by atoms with Crippen LogP contribution in [0.5, 0.6) is 0 Å². The van der Waals surface area contributed by atoms with Crippen LogP contribution in [0.15, 0.2) is 18.2 Å².